The van der Waals surface area contributed by atoms with E-state index in [2.05, 4.69) is 10.6 Å². The third kappa shape index (κ3) is 5.01. The highest BCUT2D eigenvalue weighted by atomic mass is 19.1. The van der Waals surface area contributed by atoms with Crippen molar-refractivity contribution >= 4 is 23.8 Å². The van der Waals surface area contributed by atoms with Crippen molar-refractivity contribution in [1.29, 1.82) is 0 Å². The lowest BCUT2D eigenvalue weighted by molar-refractivity contribution is -0.140. The predicted octanol–water partition coefficient (Wildman–Crippen LogP) is 0.263. The number of benzene rings is 1. The minimum Gasteiger partial charge on any atom is -0.355 e. The Balaban J connectivity index is 1.55. The molecule has 2 N–H and O–H groups in total. The van der Waals surface area contributed by atoms with Crippen LogP contribution in [-0.4, -0.2) is 84.3 Å². The number of nitrogens with zero attached hydrogens (tertiary/aromatic N) is 3. The van der Waals surface area contributed by atoms with Crippen LogP contribution in [0.3, 0.4) is 0 Å². The summed E-state index contributed by atoms with van der Waals surface area (Å²) in [6, 6.07) is 4.66. The first-order chi connectivity index (χ1) is 14.7. The van der Waals surface area contributed by atoms with Gasteiger partial charge in [0.15, 0.2) is 0 Å². The first kappa shape index (κ1) is 22.7. The molecule has 5 amide bonds. The Labute approximate surface area is 180 Å². The van der Waals surface area contributed by atoms with Gasteiger partial charge in [-0.1, -0.05) is 19.1 Å². The second kappa shape index (κ2) is 9.42. The van der Waals surface area contributed by atoms with Gasteiger partial charge in [0.05, 0.1) is 6.54 Å². The molecule has 0 radical (unpaired) electrons. The van der Waals surface area contributed by atoms with Crippen molar-refractivity contribution in [3.8, 4) is 0 Å². The molecule has 0 spiro atoms. The van der Waals surface area contributed by atoms with Crippen LogP contribution >= 0.6 is 0 Å². The summed E-state index contributed by atoms with van der Waals surface area (Å²) in [4.78, 5) is 54.4. The van der Waals surface area contributed by atoms with Crippen LogP contribution in [0.15, 0.2) is 24.3 Å². The summed E-state index contributed by atoms with van der Waals surface area (Å²) in [7, 11) is 0. The first-order valence-corrected chi connectivity index (χ1v) is 10.4. The zero-order chi connectivity index (χ0) is 22.6. The standard InChI is InChI=1S/C21H28FN5O4/c1-3-8-23-17(28)13-25-9-11-26(12-10-25)18(29)14-27-19(30)21(2,24-20(27)31)15-4-6-16(22)7-5-15/h4-7H,3,8-14H2,1-2H3,(H,23,28)(H,24,31). The van der Waals surface area contributed by atoms with Crippen LogP contribution in [0.25, 0.3) is 0 Å². The number of carbonyl (C=O) groups excluding carboxylic acids is 4. The summed E-state index contributed by atoms with van der Waals surface area (Å²) < 4.78 is 13.2. The topological polar surface area (TPSA) is 102 Å². The van der Waals surface area contributed by atoms with E-state index in [4.69, 9.17) is 0 Å². The lowest BCUT2D eigenvalue weighted by Gasteiger charge is -2.34. The van der Waals surface area contributed by atoms with Crippen molar-refractivity contribution in [3.63, 3.8) is 0 Å². The van der Waals surface area contributed by atoms with Gasteiger partial charge in [0.2, 0.25) is 11.8 Å². The molecule has 9 nitrogen and oxygen atoms in total. The number of carbonyl (C=O) groups is 4. The van der Waals surface area contributed by atoms with Gasteiger partial charge in [0.1, 0.15) is 17.9 Å². The Morgan fingerprint density at radius 3 is 2.35 bits per heavy atom. The van der Waals surface area contributed by atoms with E-state index in [-0.39, 0.29) is 24.9 Å². The summed E-state index contributed by atoms with van der Waals surface area (Å²) in [6.07, 6.45) is 0.872. The number of amides is 5. The van der Waals surface area contributed by atoms with Crippen molar-refractivity contribution in [2.45, 2.75) is 25.8 Å². The summed E-state index contributed by atoms with van der Waals surface area (Å²) in [5.74, 6) is -1.37. The van der Waals surface area contributed by atoms with Gasteiger partial charge in [0.25, 0.3) is 5.91 Å². The summed E-state index contributed by atoms with van der Waals surface area (Å²) >= 11 is 0. The number of rotatable bonds is 7. The third-order valence-corrected chi connectivity index (χ3v) is 5.65. The lowest BCUT2D eigenvalue weighted by Crippen LogP contribution is -2.53. The molecule has 2 fully saturated rings. The minimum absolute atomic E-state index is 0.0407. The van der Waals surface area contributed by atoms with Gasteiger partial charge in [-0.25, -0.2) is 9.18 Å². The Morgan fingerprint density at radius 1 is 1.10 bits per heavy atom. The molecule has 0 bridgehead atoms. The van der Waals surface area contributed by atoms with Crippen LogP contribution < -0.4 is 10.6 Å². The van der Waals surface area contributed by atoms with E-state index in [1.54, 1.807) is 4.90 Å². The average Bonchev–Trinajstić information content (AvgIpc) is 2.97. The smallest absolute Gasteiger partial charge is 0.325 e. The zero-order valence-corrected chi connectivity index (χ0v) is 17.8. The number of halogens is 1. The maximum atomic E-state index is 13.2. The summed E-state index contributed by atoms with van der Waals surface area (Å²) in [5.41, 5.74) is -0.910. The zero-order valence-electron chi connectivity index (χ0n) is 17.8. The maximum absolute atomic E-state index is 13.2. The second-order valence-corrected chi connectivity index (χ2v) is 7.96. The molecule has 1 unspecified atom stereocenters. The van der Waals surface area contributed by atoms with Gasteiger partial charge < -0.3 is 15.5 Å². The van der Waals surface area contributed by atoms with Gasteiger partial charge >= 0.3 is 6.03 Å². The van der Waals surface area contributed by atoms with Gasteiger partial charge in [0, 0.05) is 32.7 Å². The molecule has 2 aliphatic heterocycles. The number of hydrogen-bond donors (Lipinski definition) is 2. The molecule has 1 aromatic carbocycles. The molecule has 0 saturated carbocycles. The first-order valence-electron chi connectivity index (χ1n) is 10.4. The van der Waals surface area contributed by atoms with E-state index in [0.29, 0.717) is 38.3 Å². The molecular weight excluding hydrogens is 405 g/mol. The fourth-order valence-electron chi connectivity index (χ4n) is 3.73. The highest BCUT2D eigenvalue weighted by Gasteiger charge is 2.49. The normalized spacial score (nSPS) is 21.9. The van der Waals surface area contributed by atoms with E-state index in [1.165, 1.54) is 31.2 Å². The van der Waals surface area contributed by atoms with Gasteiger partial charge in [-0.15, -0.1) is 0 Å². The van der Waals surface area contributed by atoms with Gasteiger partial charge in [-0.3, -0.25) is 24.2 Å². The quantitative estimate of drug-likeness (QED) is 0.601. The molecule has 2 saturated heterocycles. The van der Waals surface area contributed by atoms with Crippen molar-refractivity contribution in [2.75, 3.05) is 45.8 Å². The fraction of sp³-hybridized carbons (Fsp3) is 0.524. The van der Waals surface area contributed by atoms with E-state index in [1.807, 2.05) is 11.8 Å². The molecule has 2 heterocycles. The molecular formula is C21H28FN5O4. The number of hydrogen-bond acceptors (Lipinski definition) is 5. The van der Waals surface area contributed by atoms with Crippen LogP contribution in [0.1, 0.15) is 25.8 Å². The Morgan fingerprint density at radius 2 is 1.74 bits per heavy atom. The van der Waals surface area contributed by atoms with Crippen LogP contribution in [0, 0.1) is 5.82 Å². The highest BCUT2D eigenvalue weighted by molar-refractivity contribution is 6.09. The molecule has 2 aliphatic rings. The molecule has 1 atom stereocenters. The molecule has 168 valence electrons. The molecule has 0 aromatic heterocycles. The highest BCUT2D eigenvalue weighted by Crippen LogP contribution is 2.29. The maximum Gasteiger partial charge on any atom is 0.325 e. The molecule has 1 aromatic rings. The Kier molecular flexibility index (Phi) is 6.89. The molecule has 10 heteroatoms. The van der Waals surface area contributed by atoms with Crippen LogP contribution in [0.4, 0.5) is 9.18 Å². The van der Waals surface area contributed by atoms with Gasteiger partial charge in [-0.05, 0) is 31.0 Å². The fourth-order valence-corrected chi connectivity index (χ4v) is 3.73. The number of urea groups is 1. The summed E-state index contributed by atoms with van der Waals surface area (Å²) in [5, 5.41) is 5.44. The second-order valence-electron chi connectivity index (χ2n) is 7.96. The number of imide groups is 1. The largest absolute Gasteiger partial charge is 0.355 e. The SMILES string of the molecule is CCCNC(=O)CN1CCN(C(=O)CN2C(=O)NC(C)(c3ccc(F)cc3)C2=O)CC1. The lowest BCUT2D eigenvalue weighted by atomic mass is 9.92. The summed E-state index contributed by atoms with van der Waals surface area (Å²) in [6.45, 7) is 5.99. The third-order valence-electron chi connectivity index (χ3n) is 5.65. The Bertz CT molecular complexity index is 854. The van der Waals surface area contributed by atoms with E-state index >= 15 is 0 Å². The van der Waals surface area contributed by atoms with Crippen LogP contribution in [0.5, 0.6) is 0 Å². The Hall–Kier alpha value is -3.01. The monoisotopic (exact) mass is 433 g/mol. The van der Waals surface area contributed by atoms with E-state index in [9.17, 15) is 23.6 Å². The van der Waals surface area contributed by atoms with Crippen LogP contribution in [-0.2, 0) is 19.9 Å². The minimum atomic E-state index is -1.35. The molecule has 3 rings (SSSR count). The average molecular weight is 433 g/mol. The van der Waals surface area contributed by atoms with Crippen molar-refractivity contribution in [3.05, 3.63) is 35.6 Å². The van der Waals surface area contributed by atoms with Crippen LogP contribution in [0.2, 0.25) is 0 Å². The van der Waals surface area contributed by atoms with Crippen molar-refractivity contribution < 1.29 is 23.6 Å². The number of piperazine rings is 1. The molecule has 31 heavy (non-hydrogen) atoms. The van der Waals surface area contributed by atoms with Crippen molar-refractivity contribution in [2.24, 2.45) is 0 Å². The van der Waals surface area contributed by atoms with Crippen molar-refractivity contribution in [1.82, 2.24) is 25.3 Å². The molecule has 0 aliphatic carbocycles. The van der Waals surface area contributed by atoms with E-state index in [0.717, 1.165) is 11.3 Å². The predicted molar refractivity (Wildman–Crippen MR) is 110 cm³/mol. The van der Waals surface area contributed by atoms with E-state index < -0.39 is 23.3 Å². The van der Waals surface area contributed by atoms with Gasteiger partial charge in [-0.2, -0.15) is 0 Å². The number of nitrogens with one attached hydrogen (secondary N) is 2.